The van der Waals surface area contributed by atoms with Crippen LogP contribution in [0, 0.1) is 0 Å². The van der Waals surface area contributed by atoms with Gasteiger partial charge in [0.05, 0.1) is 11.0 Å². The zero-order valence-electron chi connectivity index (χ0n) is 15.6. The van der Waals surface area contributed by atoms with Crippen molar-refractivity contribution >= 4 is 35.3 Å². The van der Waals surface area contributed by atoms with Crippen LogP contribution < -0.4 is 16.7 Å². The minimum absolute atomic E-state index is 0. The number of unbranched alkanes of at least 4 members (excludes halogenated alkanes) is 3. The molecule has 1 unspecified atom stereocenters. The van der Waals surface area contributed by atoms with Gasteiger partial charge < -0.3 is 5.73 Å². The number of nitrogens with two attached hydrogens (primary N) is 1. The molecule has 3 rings (SSSR count). The summed E-state index contributed by atoms with van der Waals surface area (Å²) in [7, 11) is 1.72. The Morgan fingerprint density at radius 2 is 1.85 bits per heavy atom. The van der Waals surface area contributed by atoms with Crippen molar-refractivity contribution in [2.24, 2.45) is 12.8 Å². The van der Waals surface area contributed by atoms with E-state index in [2.05, 4.69) is 5.32 Å². The topological polar surface area (TPSA) is 99.1 Å². The number of halogens is 1. The smallest absolute Gasteiger partial charge is 0.329 e. The predicted octanol–water partition coefficient (Wildman–Crippen LogP) is 1.80. The van der Waals surface area contributed by atoms with Crippen molar-refractivity contribution in [3.8, 4) is 0 Å². The number of piperidine rings is 1. The Morgan fingerprint density at radius 3 is 2.56 bits per heavy atom. The van der Waals surface area contributed by atoms with E-state index in [9.17, 15) is 14.4 Å². The summed E-state index contributed by atoms with van der Waals surface area (Å²) in [6.07, 6.45) is 6.00. The van der Waals surface area contributed by atoms with Crippen LogP contribution in [0.4, 0.5) is 0 Å². The highest BCUT2D eigenvalue weighted by Gasteiger charge is 2.31. The molecule has 0 spiro atoms. The van der Waals surface area contributed by atoms with Crippen molar-refractivity contribution in [1.29, 1.82) is 0 Å². The summed E-state index contributed by atoms with van der Waals surface area (Å²) in [6.45, 7) is 0.738. The van der Waals surface area contributed by atoms with Crippen LogP contribution >= 0.6 is 12.4 Å². The average Bonchev–Trinajstić information content (AvgIpc) is 2.86. The van der Waals surface area contributed by atoms with Crippen LogP contribution in [0.1, 0.15) is 50.1 Å². The zero-order chi connectivity index (χ0) is 18.7. The first-order valence-electron chi connectivity index (χ1n) is 9.26. The minimum Gasteiger partial charge on any atom is -0.330 e. The Balaban J connectivity index is 0.00000261. The maximum atomic E-state index is 12.7. The van der Waals surface area contributed by atoms with Gasteiger partial charge in [-0.2, -0.15) is 0 Å². The number of nitrogens with one attached hydrogen (secondary N) is 1. The van der Waals surface area contributed by atoms with E-state index >= 15 is 0 Å². The highest BCUT2D eigenvalue weighted by molar-refractivity contribution is 6.00. The maximum absolute atomic E-state index is 12.7. The lowest BCUT2D eigenvalue weighted by atomic mass is 10.0. The third-order valence-electron chi connectivity index (χ3n) is 5.10. The van der Waals surface area contributed by atoms with Crippen LogP contribution in [-0.2, 0) is 23.1 Å². The van der Waals surface area contributed by atoms with Gasteiger partial charge in [-0.3, -0.25) is 24.0 Å². The molecule has 8 heteroatoms. The van der Waals surface area contributed by atoms with Crippen LogP contribution in [-0.4, -0.2) is 27.5 Å². The monoisotopic (exact) mass is 394 g/mol. The number of imide groups is 1. The number of fused-ring (bicyclic) bond motifs is 1. The van der Waals surface area contributed by atoms with E-state index in [0.717, 1.165) is 49.7 Å². The molecule has 148 valence electrons. The summed E-state index contributed by atoms with van der Waals surface area (Å²) in [5.41, 5.74) is 8.02. The number of imidazole rings is 1. The number of aryl methyl sites for hydroxylation is 2. The van der Waals surface area contributed by atoms with Crippen molar-refractivity contribution in [2.75, 3.05) is 6.54 Å². The van der Waals surface area contributed by atoms with E-state index in [1.165, 1.54) is 10.1 Å². The first-order chi connectivity index (χ1) is 12.5. The molecule has 2 aromatic rings. The molecule has 1 fully saturated rings. The van der Waals surface area contributed by atoms with Gasteiger partial charge in [0.1, 0.15) is 6.04 Å². The summed E-state index contributed by atoms with van der Waals surface area (Å²) < 4.78 is 3.10. The van der Waals surface area contributed by atoms with E-state index in [1.54, 1.807) is 11.6 Å². The van der Waals surface area contributed by atoms with Crippen LogP contribution in [0.3, 0.4) is 0 Å². The molecule has 2 amide bonds. The molecular formula is C19H27ClN4O3. The predicted molar refractivity (Wildman–Crippen MR) is 107 cm³/mol. The number of rotatable bonds is 7. The number of benzene rings is 1. The van der Waals surface area contributed by atoms with Crippen LogP contribution in [0.5, 0.6) is 0 Å². The number of hydrogen-bond donors (Lipinski definition) is 2. The number of hydrogen-bond acceptors (Lipinski definition) is 4. The Hall–Kier alpha value is -2.12. The fourth-order valence-corrected chi connectivity index (χ4v) is 3.62. The molecule has 1 atom stereocenters. The molecular weight excluding hydrogens is 368 g/mol. The molecule has 2 heterocycles. The number of carbonyl (C=O) groups is 2. The largest absolute Gasteiger partial charge is 0.330 e. The van der Waals surface area contributed by atoms with Crippen molar-refractivity contribution in [1.82, 2.24) is 14.5 Å². The second kappa shape index (κ2) is 9.19. The first-order valence-corrected chi connectivity index (χ1v) is 9.26. The van der Waals surface area contributed by atoms with Gasteiger partial charge in [0.2, 0.25) is 11.8 Å². The van der Waals surface area contributed by atoms with Crippen molar-refractivity contribution < 1.29 is 9.59 Å². The summed E-state index contributed by atoms with van der Waals surface area (Å²) in [5, 5.41) is 2.33. The Labute approximate surface area is 164 Å². The maximum Gasteiger partial charge on any atom is 0.329 e. The molecule has 1 aliphatic rings. The lowest BCUT2D eigenvalue weighted by Crippen LogP contribution is -2.44. The van der Waals surface area contributed by atoms with Gasteiger partial charge in [-0.25, -0.2) is 4.79 Å². The van der Waals surface area contributed by atoms with E-state index < -0.39 is 11.9 Å². The van der Waals surface area contributed by atoms with Gasteiger partial charge in [0.15, 0.2) is 0 Å². The summed E-state index contributed by atoms with van der Waals surface area (Å²) in [6, 6.07) is 5.33. The standard InChI is InChI=1S/C19H26N4O3.ClH/c1-22-16-12-13(6-4-2-3-5-11-20)7-8-14(16)23(19(22)26)15-9-10-17(24)21-18(15)25;/h7-8,12,15H,2-6,9-11,20H2,1H3,(H,21,24,25);1H. The number of amides is 2. The number of carbonyl (C=O) groups excluding carboxylic acids is 2. The SMILES string of the molecule is Cl.Cn1c(=O)n(C2CCC(=O)NC2=O)c2ccc(CCCCCCN)cc21. The first kappa shape index (κ1) is 21.2. The summed E-state index contributed by atoms with van der Waals surface area (Å²) >= 11 is 0. The van der Waals surface area contributed by atoms with E-state index in [-0.39, 0.29) is 30.4 Å². The lowest BCUT2D eigenvalue weighted by Gasteiger charge is -2.21. The molecule has 0 aliphatic carbocycles. The number of nitrogens with zero attached hydrogens (tertiary/aromatic N) is 2. The normalized spacial score (nSPS) is 17.0. The molecule has 0 saturated carbocycles. The van der Waals surface area contributed by atoms with E-state index in [1.807, 2.05) is 18.2 Å². The van der Waals surface area contributed by atoms with Gasteiger partial charge >= 0.3 is 5.69 Å². The van der Waals surface area contributed by atoms with Crippen molar-refractivity contribution in [2.45, 2.75) is 51.0 Å². The number of aromatic nitrogens is 2. The lowest BCUT2D eigenvalue weighted by molar-refractivity contribution is -0.135. The molecule has 1 aliphatic heterocycles. The Bertz CT molecular complexity index is 887. The third-order valence-corrected chi connectivity index (χ3v) is 5.10. The average molecular weight is 395 g/mol. The van der Waals surface area contributed by atoms with Crippen LogP contribution in [0.25, 0.3) is 11.0 Å². The van der Waals surface area contributed by atoms with E-state index in [4.69, 9.17) is 5.73 Å². The Morgan fingerprint density at radius 1 is 1.11 bits per heavy atom. The molecule has 0 bridgehead atoms. The van der Waals surface area contributed by atoms with E-state index in [0.29, 0.717) is 6.42 Å². The second-order valence-electron chi connectivity index (χ2n) is 6.95. The highest BCUT2D eigenvalue weighted by Crippen LogP contribution is 2.24. The quantitative estimate of drug-likeness (QED) is 0.552. The Kier molecular flexibility index (Phi) is 7.21. The van der Waals surface area contributed by atoms with Crippen molar-refractivity contribution in [3.63, 3.8) is 0 Å². The molecule has 27 heavy (non-hydrogen) atoms. The molecule has 3 N–H and O–H groups in total. The molecule has 7 nitrogen and oxygen atoms in total. The van der Waals surface area contributed by atoms with Gasteiger partial charge in [-0.1, -0.05) is 18.9 Å². The van der Waals surface area contributed by atoms with Crippen molar-refractivity contribution in [3.05, 3.63) is 34.2 Å². The summed E-state index contributed by atoms with van der Waals surface area (Å²) in [4.78, 5) is 36.3. The fraction of sp³-hybridized carbons (Fsp3) is 0.526. The van der Waals surface area contributed by atoms with Crippen LogP contribution in [0.2, 0.25) is 0 Å². The molecule has 0 radical (unpaired) electrons. The summed E-state index contributed by atoms with van der Waals surface area (Å²) in [5.74, 6) is -0.684. The molecule has 1 aromatic carbocycles. The van der Waals surface area contributed by atoms with Gasteiger partial charge in [0, 0.05) is 13.5 Å². The van der Waals surface area contributed by atoms with Crippen LogP contribution in [0.15, 0.2) is 23.0 Å². The van der Waals surface area contributed by atoms with Gasteiger partial charge in [-0.05, 0) is 49.9 Å². The van der Waals surface area contributed by atoms with Gasteiger partial charge in [0.25, 0.3) is 0 Å². The van der Waals surface area contributed by atoms with Gasteiger partial charge in [-0.15, -0.1) is 12.4 Å². The fourth-order valence-electron chi connectivity index (χ4n) is 3.62. The molecule has 1 aromatic heterocycles. The highest BCUT2D eigenvalue weighted by atomic mass is 35.5. The zero-order valence-corrected chi connectivity index (χ0v) is 16.4. The third kappa shape index (κ3) is 4.42. The minimum atomic E-state index is -0.633. The second-order valence-corrected chi connectivity index (χ2v) is 6.95. The molecule has 1 saturated heterocycles.